The molecule has 0 aromatic carbocycles. The van der Waals surface area contributed by atoms with E-state index < -0.39 is 0 Å². The molecule has 0 fully saturated rings. The summed E-state index contributed by atoms with van der Waals surface area (Å²) in [4.78, 5) is 8.34. The number of hydrogen-bond donors (Lipinski definition) is 2. The molecule has 90 valence electrons. The van der Waals surface area contributed by atoms with E-state index in [4.69, 9.17) is 0 Å². The van der Waals surface area contributed by atoms with Crippen LogP contribution in [0.25, 0.3) is 5.82 Å². The van der Waals surface area contributed by atoms with E-state index >= 15 is 0 Å². The molecule has 6 heteroatoms. The van der Waals surface area contributed by atoms with Crippen LogP contribution in [0.15, 0.2) is 49.3 Å². The molecule has 3 aromatic heterocycles. The lowest BCUT2D eigenvalue weighted by Gasteiger charge is -2.05. The van der Waals surface area contributed by atoms with Crippen molar-refractivity contribution in [3.8, 4) is 5.82 Å². The van der Waals surface area contributed by atoms with E-state index in [1.54, 1.807) is 24.9 Å². The highest BCUT2D eigenvalue weighted by molar-refractivity contribution is 5.43. The van der Waals surface area contributed by atoms with Crippen LogP contribution >= 0.6 is 0 Å². The van der Waals surface area contributed by atoms with Crippen LogP contribution < -0.4 is 5.32 Å². The number of nitrogens with one attached hydrogen (secondary N) is 2. The minimum Gasteiger partial charge on any atom is -0.378 e. The molecule has 0 saturated heterocycles. The fraction of sp³-hybridized carbons (Fsp3) is 0.0833. The second-order valence-electron chi connectivity index (χ2n) is 3.81. The zero-order valence-corrected chi connectivity index (χ0v) is 9.61. The van der Waals surface area contributed by atoms with Gasteiger partial charge in [-0.15, -0.1) is 0 Å². The number of hydrogen-bond acceptors (Lipinski definition) is 4. The smallest absolute Gasteiger partial charge is 0.137 e. The monoisotopic (exact) mass is 240 g/mol. The Kier molecular flexibility index (Phi) is 2.75. The van der Waals surface area contributed by atoms with Crippen LogP contribution in [0.3, 0.4) is 0 Å². The molecule has 0 bridgehead atoms. The van der Waals surface area contributed by atoms with Crippen LogP contribution in [0.4, 0.5) is 5.69 Å². The van der Waals surface area contributed by atoms with Crippen molar-refractivity contribution in [2.45, 2.75) is 6.54 Å². The molecular weight excluding hydrogens is 228 g/mol. The molecule has 0 aliphatic heterocycles. The van der Waals surface area contributed by atoms with Gasteiger partial charge in [-0.25, -0.2) is 9.97 Å². The second kappa shape index (κ2) is 4.70. The van der Waals surface area contributed by atoms with Gasteiger partial charge < -0.3 is 5.32 Å². The van der Waals surface area contributed by atoms with Crippen molar-refractivity contribution >= 4 is 5.69 Å². The number of rotatable bonds is 4. The van der Waals surface area contributed by atoms with E-state index in [1.165, 1.54) is 0 Å². The summed E-state index contributed by atoms with van der Waals surface area (Å²) >= 11 is 0. The third kappa shape index (κ3) is 2.22. The van der Waals surface area contributed by atoms with Crippen LogP contribution in [-0.2, 0) is 6.54 Å². The van der Waals surface area contributed by atoms with Gasteiger partial charge in [-0.05, 0) is 18.2 Å². The van der Waals surface area contributed by atoms with Crippen LogP contribution in [0.2, 0.25) is 0 Å². The lowest BCUT2D eigenvalue weighted by Crippen LogP contribution is -2.01. The first-order chi connectivity index (χ1) is 8.92. The van der Waals surface area contributed by atoms with Gasteiger partial charge in [0.1, 0.15) is 12.1 Å². The highest BCUT2D eigenvalue weighted by Gasteiger charge is 1.98. The number of aromatic amines is 1. The first-order valence-electron chi connectivity index (χ1n) is 5.58. The minimum absolute atomic E-state index is 0.700. The van der Waals surface area contributed by atoms with Gasteiger partial charge in [-0.1, -0.05) is 0 Å². The van der Waals surface area contributed by atoms with Crippen LogP contribution in [0.1, 0.15) is 5.69 Å². The maximum absolute atomic E-state index is 4.36. The summed E-state index contributed by atoms with van der Waals surface area (Å²) in [5.74, 6) is 0.847. The Labute approximate surface area is 104 Å². The Morgan fingerprint density at radius 1 is 1.22 bits per heavy atom. The molecule has 0 aliphatic carbocycles. The van der Waals surface area contributed by atoms with E-state index in [2.05, 4.69) is 25.5 Å². The fourth-order valence-corrected chi connectivity index (χ4v) is 1.62. The minimum atomic E-state index is 0.700. The number of anilines is 1. The van der Waals surface area contributed by atoms with Gasteiger partial charge in [0.15, 0.2) is 0 Å². The first-order valence-corrected chi connectivity index (χ1v) is 5.58. The Balaban J connectivity index is 1.68. The molecule has 3 heterocycles. The highest BCUT2D eigenvalue weighted by Crippen LogP contribution is 2.10. The third-order valence-electron chi connectivity index (χ3n) is 2.56. The fourth-order valence-electron chi connectivity index (χ4n) is 1.62. The lowest BCUT2D eigenvalue weighted by atomic mass is 10.3. The van der Waals surface area contributed by atoms with E-state index in [-0.39, 0.29) is 0 Å². The lowest BCUT2D eigenvalue weighted by molar-refractivity contribution is 0.971. The predicted molar refractivity (Wildman–Crippen MR) is 67.3 cm³/mol. The van der Waals surface area contributed by atoms with Crippen LogP contribution in [-0.4, -0.2) is 24.7 Å². The van der Waals surface area contributed by atoms with E-state index in [0.29, 0.717) is 6.54 Å². The maximum atomic E-state index is 4.36. The van der Waals surface area contributed by atoms with Crippen molar-refractivity contribution in [3.63, 3.8) is 0 Å². The van der Waals surface area contributed by atoms with E-state index in [0.717, 1.165) is 17.2 Å². The summed E-state index contributed by atoms with van der Waals surface area (Å²) in [5, 5.41) is 10.0. The van der Waals surface area contributed by atoms with Gasteiger partial charge in [-0.2, -0.15) is 5.10 Å². The zero-order chi connectivity index (χ0) is 12.2. The molecule has 0 spiro atoms. The Bertz CT molecular complexity index is 582. The molecular formula is C12H12N6. The SMILES string of the molecule is c1cn(-c2ccc(NCc3ccn[nH]3)cn2)cn1. The van der Waals surface area contributed by atoms with E-state index in [1.807, 2.05) is 29.0 Å². The van der Waals surface area contributed by atoms with Gasteiger partial charge in [0.25, 0.3) is 0 Å². The molecule has 0 aliphatic rings. The summed E-state index contributed by atoms with van der Waals surface area (Å²) in [7, 11) is 0. The number of H-pyrrole nitrogens is 1. The Morgan fingerprint density at radius 3 is 2.89 bits per heavy atom. The maximum Gasteiger partial charge on any atom is 0.137 e. The quantitative estimate of drug-likeness (QED) is 0.726. The normalized spacial score (nSPS) is 10.4. The van der Waals surface area contributed by atoms with Crippen LogP contribution in [0.5, 0.6) is 0 Å². The van der Waals surface area contributed by atoms with Crippen molar-refractivity contribution in [1.82, 2.24) is 24.7 Å². The van der Waals surface area contributed by atoms with Crippen molar-refractivity contribution in [2.24, 2.45) is 0 Å². The molecule has 0 atom stereocenters. The number of pyridine rings is 1. The summed E-state index contributed by atoms with van der Waals surface area (Å²) in [6.45, 7) is 0.700. The molecule has 0 radical (unpaired) electrons. The van der Waals surface area contributed by atoms with Gasteiger partial charge in [-0.3, -0.25) is 9.67 Å². The molecule has 0 saturated carbocycles. The molecule has 3 aromatic rings. The summed E-state index contributed by atoms with van der Waals surface area (Å²) in [5.41, 5.74) is 2.00. The van der Waals surface area contributed by atoms with Crippen LogP contribution in [0, 0.1) is 0 Å². The Hall–Kier alpha value is -2.63. The van der Waals surface area contributed by atoms with Crippen molar-refractivity contribution in [2.75, 3.05) is 5.32 Å². The predicted octanol–water partition coefficient (Wildman–Crippen LogP) is 1.60. The zero-order valence-electron chi connectivity index (χ0n) is 9.61. The first kappa shape index (κ1) is 10.5. The standard InChI is InChI=1S/C12H12N6/c1-2-12(18-6-5-13-9-18)15-7-10(1)14-8-11-3-4-16-17-11/h1-7,9,14H,8H2,(H,16,17). The molecule has 0 amide bonds. The topological polar surface area (TPSA) is 71.4 Å². The Morgan fingerprint density at radius 2 is 2.22 bits per heavy atom. The summed E-state index contributed by atoms with van der Waals surface area (Å²) in [6, 6.07) is 5.86. The number of aromatic nitrogens is 5. The molecule has 2 N–H and O–H groups in total. The van der Waals surface area contributed by atoms with Gasteiger partial charge in [0.2, 0.25) is 0 Å². The van der Waals surface area contributed by atoms with E-state index in [9.17, 15) is 0 Å². The summed E-state index contributed by atoms with van der Waals surface area (Å²) < 4.78 is 1.86. The highest BCUT2D eigenvalue weighted by atomic mass is 15.1. The molecule has 6 nitrogen and oxygen atoms in total. The van der Waals surface area contributed by atoms with Crippen molar-refractivity contribution in [1.29, 1.82) is 0 Å². The average molecular weight is 240 g/mol. The average Bonchev–Trinajstić information content (AvgIpc) is 3.10. The van der Waals surface area contributed by atoms with Crippen molar-refractivity contribution < 1.29 is 0 Å². The molecule has 18 heavy (non-hydrogen) atoms. The van der Waals surface area contributed by atoms with Gasteiger partial charge in [0.05, 0.1) is 24.1 Å². The number of nitrogens with zero attached hydrogens (tertiary/aromatic N) is 4. The molecule has 3 rings (SSSR count). The second-order valence-corrected chi connectivity index (χ2v) is 3.81. The van der Waals surface area contributed by atoms with Crippen molar-refractivity contribution in [3.05, 3.63) is 55.0 Å². The van der Waals surface area contributed by atoms with Gasteiger partial charge in [0, 0.05) is 18.6 Å². The van der Waals surface area contributed by atoms with Gasteiger partial charge >= 0.3 is 0 Å². The number of imidazole rings is 1. The molecule has 0 unspecified atom stereocenters. The third-order valence-corrected chi connectivity index (χ3v) is 2.56. The summed E-state index contributed by atoms with van der Waals surface area (Å²) in [6.07, 6.45) is 8.84. The largest absolute Gasteiger partial charge is 0.378 e.